The van der Waals surface area contributed by atoms with Gasteiger partial charge >= 0.3 is 0 Å². The van der Waals surface area contributed by atoms with E-state index in [-0.39, 0.29) is 11.5 Å². The number of rotatable bonds is 2. The summed E-state index contributed by atoms with van der Waals surface area (Å²) in [6.45, 7) is 0. The molecular formula is C10H15N7O4. The van der Waals surface area contributed by atoms with E-state index in [0.29, 0.717) is 5.52 Å². The molecule has 2 aromatic heterocycles. The number of aliphatic hydroxyl groups excluding tert-OH is 2. The summed E-state index contributed by atoms with van der Waals surface area (Å²) in [4.78, 5) is 11.8. The second kappa shape index (κ2) is 4.56. The molecule has 1 aliphatic heterocycles. The van der Waals surface area contributed by atoms with Crippen LogP contribution in [0, 0.1) is 0 Å². The monoisotopic (exact) mass is 297 g/mol. The molecule has 0 spiro atoms. The highest BCUT2D eigenvalue weighted by atomic mass is 16.6. The van der Waals surface area contributed by atoms with E-state index in [0.717, 1.165) is 0 Å². The van der Waals surface area contributed by atoms with Crippen LogP contribution in [0.4, 0.5) is 5.82 Å². The van der Waals surface area contributed by atoms with Crippen molar-refractivity contribution in [3.63, 3.8) is 0 Å². The van der Waals surface area contributed by atoms with E-state index in [1.54, 1.807) is 0 Å². The van der Waals surface area contributed by atoms with E-state index < -0.39 is 30.4 Å². The first kappa shape index (κ1) is 14.1. The van der Waals surface area contributed by atoms with Crippen molar-refractivity contribution in [1.82, 2.24) is 19.5 Å². The van der Waals surface area contributed by atoms with Crippen LogP contribution in [0.2, 0.25) is 0 Å². The van der Waals surface area contributed by atoms with Gasteiger partial charge in [-0.05, 0) is 0 Å². The molecule has 0 aliphatic carbocycles. The summed E-state index contributed by atoms with van der Waals surface area (Å²) in [5, 5.41) is 29.6. The molecule has 0 saturated carbocycles. The predicted octanol–water partition coefficient (Wildman–Crippen LogP) is -3.41. The quantitative estimate of drug-likeness (QED) is 0.304. The minimum atomic E-state index is -2.23. The first-order chi connectivity index (χ1) is 9.84. The number of imidazole rings is 1. The number of fused-ring (bicyclic) bond motifs is 1. The van der Waals surface area contributed by atoms with Gasteiger partial charge in [0.15, 0.2) is 23.4 Å². The number of hydrogen-bond acceptors (Lipinski definition) is 10. The Hall–Kier alpha value is -1.89. The van der Waals surface area contributed by atoms with Crippen molar-refractivity contribution in [3.8, 4) is 0 Å². The van der Waals surface area contributed by atoms with Crippen LogP contribution in [-0.2, 0) is 4.74 Å². The second-order valence-corrected chi connectivity index (χ2v) is 4.85. The van der Waals surface area contributed by atoms with Crippen molar-refractivity contribution < 1.29 is 20.1 Å². The maximum atomic E-state index is 10.1. The van der Waals surface area contributed by atoms with Gasteiger partial charge in [0.2, 0.25) is 0 Å². The third-order valence-corrected chi connectivity index (χ3v) is 3.46. The lowest BCUT2D eigenvalue weighted by Crippen LogP contribution is -2.60. The van der Waals surface area contributed by atoms with Crippen LogP contribution in [0.5, 0.6) is 0 Å². The van der Waals surface area contributed by atoms with Crippen LogP contribution in [0.1, 0.15) is 6.23 Å². The summed E-state index contributed by atoms with van der Waals surface area (Å²) < 4.78 is 6.70. The van der Waals surface area contributed by atoms with Crippen LogP contribution >= 0.6 is 0 Å². The molecule has 114 valence electrons. The Bertz CT molecular complexity index is 672. The van der Waals surface area contributed by atoms with Gasteiger partial charge in [-0.1, -0.05) is 0 Å². The molecule has 3 heterocycles. The summed E-state index contributed by atoms with van der Waals surface area (Å²) in [5.41, 5.74) is 14.9. The number of aromatic nitrogens is 4. The van der Waals surface area contributed by atoms with E-state index in [2.05, 4.69) is 15.0 Å². The van der Waals surface area contributed by atoms with Crippen molar-refractivity contribution >= 4 is 17.0 Å². The molecule has 2 aromatic rings. The number of nitrogens with zero attached hydrogens (tertiary/aromatic N) is 4. The van der Waals surface area contributed by atoms with Crippen LogP contribution < -0.4 is 17.2 Å². The lowest BCUT2D eigenvalue weighted by atomic mass is 10.0. The fraction of sp³-hybridized carbons (Fsp3) is 0.500. The summed E-state index contributed by atoms with van der Waals surface area (Å²) in [7, 11) is 0. The minimum Gasteiger partial charge on any atom is -0.384 e. The van der Waals surface area contributed by atoms with Gasteiger partial charge in [-0.3, -0.25) is 10.3 Å². The molecule has 21 heavy (non-hydrogen) atoms. The third kappa shape index (κ3) is 1.95. The average molecular weight is 297 g/mol. The Morgan fingerprint density at radius 1 is 1.38 bits per heavy atom. The molecule has 0 aromatic carbocycles. The Kier molecular flexibility index (Phi) is 3.05. The maximum absolute atomic E-state index is 10.1. The number of hydrogen-bond donors (Lipinski definition) is 6. The van der Waals surface area contributed by atoms with Crippen molar-refractivity contribution in [1.29, 1.82) is 0 Å². The maximum Gasteiger partial charge on any atom is 0.174 e. The van der Waals surface area contributed by atoms with E-state index in [1.165, 1.54) is 17.2 Å². The standard InChI is InChI=1S/C10H15N7O4/c11-6-3-8(15-1-14-6)17(2-16-3)9-4(18)10(13,20)5(21-9)7(12)19/h1-2,4-5,7,9,18-20H,12-13H2,(H2,11,14,15)/t4-,5+,7?,9+,10-/m0/s1. The molecule has 3 rings (SSSR count). The summed E-state index contributed by atoms with van der Waals surface area (Å²) >= 11 is 0. The van der Waals surface area contributed by atoms with E-state index in [9.17, 15) is 15.3 Å². The molecule has 0 amide bonds. The molecular weight excluding hydrogens is 282 g/mol. The lowest BCUT2D eigenvalue weighted by Gasteiger charge is -2.27. The largest absolute Gasteiger partial charge is 0.384 e. The Morgan fingerprint density at radius 2 is 2.10 bits per heavy atom. The number of nitrogens with two attached hydrogens (primary N) is 3. The summed E-state index contributed by atoms with van der Waals surface area (Å²) in [6, 6.07) is 0. The Balaban J connectivity index is 2.06. The molecule has 1 saturated heterocycles. The number of aliphatic hydroxyl groups is 3. The van der Waals surface area contributed by atoms with Gasteiger partial charge in [-0.15, -0.1) is 0 Å². The molecule has 1 unspecified atom stereocenters. The molecule has 5 atom stereocenters. The van der Waals surface area contributed by atoms with Crippen LogP contribution in [-0.4, -0.2) is 59.0 Å². The van der Waals surface area contributed by atoms with Gasteiger partial charge in [-0.25, -0.2) is 15.0 Å². The molecule has 0 bridgehead atoms. The SMILES string of the molecule is Nc1ncnc2c1ncn2[C@@H]1O[C@H](C(N)O)[C@@](N)(O)[C@H]1O. The zero-order valence-electron chi connectivity index (χ0n) is 10.7. The van der Waals surface area contributed by atoms with Gasteiger partial charge in [0.25, 0.3) is 0 Å². The zero-order chi connectivity index (χ0) is 15.4. The zero-order valence-corrected chi connectivity index (χ0v) is 10.7. The van der Waals surface area contributed by atoms with Crippen molar-refractivity contribution in [2.45, 2.75) is 30.4 Å². The normalized spacial score (nSPS) is 34.4. The fourth-order valence-corrected chi connectivity index (χ4v) is 2.36. The van der Waals surface area contributed by atoms with Crippen LogP contribution in [0.15, 0.2) is 12.7 Å². The molecule has 9 N–H and O–H groups in total. The first-order valence-electron chi connectivity index (χ1n) is 6.05. The van der Waals surface area contributed by atoms with Crippen LogP contribution in [0.3, 0.4) is 0 Å². The van der Waals surface area contributed by atoms with E-state index in [4.69, 9.17) is 21.9 Å². The summed E-state index contributed by atoms with van der Waals surface area (Å²) in [6.07, 6.45) is -3.12. The number of anilines is 1. The number of ether oxygens (including phenoxy) is 1. The predicted molar refractivity (Wildman–Crippen MR) is 69.0 cm³/mol. The second-order valence-electron chi connectivity index (χ2n) is 4.85. The first-order valence-corrected chi connectivity index (χ1v) is 6.05. The fourth-order valence-electron chi connectivity index (χ4n) is 2.36. The highest BCUT2D eigenvalue weighted by Gasteiger charge is 2.56. The van der Waals surface area contributed by atoms with Crippen molar-refractivity contribution in [3.05, 3.63) is 12.7 Å². The highest BCUT2D eigenvalue weighted by Crippen LogP contribution is 2.36. The molecule has 0 radical (unpaired) electrons. The minimum absolute atomic E-state index is 0.157. The number of nitrogen functional groups attached to an aromatic ring is 1. The van der Waals surface area contributed by atoms with Crippen molar-refractivity contribution in [2.75, 3.05) is 5.73 Å². The lowest BCUT2D eigenvalue weighted by molar-refractivity contribution is -0.117. The van der Waals surface area contributed by atoms with E-state index in [1.807, 2.05) is 0 Å². The molecule has 11 nitrogen and oxygen atoms in total. The summed E-state index contributed by atoms with van der Waals surface area (Å²) in [5.74, 6) is 0.157. The topological polar surface area (TPSA) is 192 Å². The Labute approximate surface area is 118 Å². The average Bonchev–Trinajstić information content (AvgIpc) is 2.92. The molecule has 11 heteroatoms. The van der Waals surface area contributed by atoms with Gasteiger partial charge < -0.3 is 31.5 Å². The van der Waals surface area contributed by atoms with Gasteiger partial charge in [-0.2, -0.15) is 0 Å². The van der Waals surface area contributed by atoms with Gasteiger partial charge in [0.05, 0.1) is 6.33 Å². The smallest absolute Gasteiger partial charge is 0.174 e. The Morgan fingerprint density at radius 3 is 2.71 bits per heavy atom. The molecule has 1 aliphatic rings. The van der Waals surface area contributed by atoms with Crippen LogP contribution in [0.25, 0.3) is 11.2 Å². The van der Waals surface area contributed by atoms with Gasteiger partial charge in [0, 0.05) is 0 Å². The third-order valence-electron chi connectivity index (χ3n) is 3.46. The molecule has 1 fully saturated rings. The highest BCUT2D eigenvalue weighted by molar-refractivity contribution is 5.81. The van der Waals surface area contributed by atoms with Crippen molar-refractivity contribution in [2.24, 2.45) is 11.5 Å². The van der Waals surface area contributed by atoms with E-state index >= 15 is 0 Å². The van der Waals surface area contributed by atoms with Gasteiger partial charge in [0.1, 0.15) is 30.3 Å².